The quantitative estimate of drug-likeness (QED) is 0.436. The van der Waals surface area contributed by atoms with Gasteiger partial charge in [0.1, 0.15) is 11.6 Å². The number of ketones is 1. The fourth-order valence-electron chi connectivity index (χ4n) is 4.26. The Hall–Kier alpha value is -3.29. The van der Waals surface area contributed by atoms with Crippen LogP contribution in [0.15, 0.2) is 54.6 Å². The number of hydrogen-bond donors (Lipinski definition) is 0. The molecule has 6 nitrogen and oxygen atoms in total. The lowest BCUT2D eigenvalue weighted by atomic mass is 10.1. The van der Waals surface area contributed by atoms with Gasteiger partial charge in [0.25, 0.3) is 0 Å². The summed E-state index contributed by atoms with van der Waals surface area (Å²) in [6.07, 6.45) is 3.28. The summed E-state index contributed by atoms with van der Waals surface area (Å²) in [7, 11) is 0. The van der Waals surface area contributed by atoms with Gasteiger partial charge in [-0.1, -0.05) is 18.2 Å². The zero-order valence-corrected chi connectivity index (χ0v) is 18.4. The van der Waals surface area contributed by atoms with E-state index in [9.17, 15) is 9.18 Å². The lowest BCUT2D eigenvalue weighted by Crippen LogP contribution is -2.37. The number of hydrogen-bond acceptors (Lipinski definition) is 6. The summed E-state index contributed by atoms with van der Waals surface area (Å²) in [5, 5.41) is 1.00. The third-order valence-electron chi connectivity index (χ3n) is 6.04. The molecule has 0 radical (unpaired) electrons. The minimum atomic E-state index is -0.391. The number of carbonyl (C=O) groups excluding carboxylic acids is 1. The van der Waals surface area contributed by atoms with Crippen molar-refractivity contribution in [3.8, 4) is 0 Å². The molecule has 0 bridgehead atoms. The molecule has 0 N–H and O–H groups in total. The smallest absolute Gasteiger partial charge is 0.185 e. The Labute approximate surface area is 192 Å². The van der Waals surface area contributed by atoms with Crippen LogP contribution in [0.4, 0.5) is 15.9 Å². The molecule has 0 aliphatic carbocycles. The largest absolute Gasteiger partial charge is 0.378 e. The first-order valence-electron chi connectivity index (χ1n) is 11.3. The van der Waals surface area contributed by atoms with Crippen LogP contribution < -0.4 is 9.80 Å². The topological polar surface area (TPSA) is 54.9 Å². The maximum Gasteiger partial charge on any atom is 0.185 e. The second-order valence-electron chi connectivity index (χ2n) is 8.16. The molecule has 5 rings (SSSR count). The maximum absolute atomic E-state index is 14.8. The van der Waals surface area contributed by atoms with Crippen LogP contribution >= 0.6 is 0 Å². The predicted octanol–water partition coefficient (Wildman–Crippen LogP) is 3.94. The van der Waals surface area contributed by atoms with Crippen LogP contribution in [-0.4, -0.2) is 63.4 Å². The highest BCUT2D eigenvalue weighted by molar-refractivity contribution is 6.07. The number of halogens is 1. The highest BCUT2D eigenvalue weighted by Crippen LogP contribution is 2.26. The van der Waals surface area contributed by atoms with Gasteiger partial charge in [-0.3, -0.25) is 4.79 Å². The van der Waals surface area contributed by atoms with Crippen molar-refractivity contribution >= 4 is 34.3 Å². The molecule has 3 heterocycles. The first-order chi connectivity index (χ1) is 16.2. The number of fused-ring (bicyclic) bond motifs is 1. The van der Waals surface area contributed by atoms with Crippen molar-refractivity contribution in [2.75, 3.05) is 62.4 Å². The SMILES string of the molecule is O=C(/C=C/c1cc2ccccc2nc1N1CCOCC1)c1ccc(N2CCOCC2)c(F)c1. The van der Waals surface area contributed by atoms with Gasteiger partial charge in [-0.2, -0.15) is 0 Å². The number of aromatic nitrogens is 1. The van der Waals surface area contributed by atoms with Crippen molar-refractivity contribution in [3.63, 3.8) is 0 Å². The Morgan fingerprint density at radius 3 is 2.33 bits per heavy atom. The zero-order valence-electron chi connectivity index (χ0n) is 18.4. The van der Waals surface area contributed by atoms with E-state index in [2.05, 4.69) is 4.90 Å². The van der Waals surface area contributed by atoms with Gasteiger partial charge in [-0.05, 0) is 42.5 Å². The number of pyridine rings is 1. The van der Waals surface area contributed by atoms with Gasteiger partial charge < -0.3 is 19.3 Å². The van der Waals surface area contributed by atoms with E-state index in [1.165, 1.54) is 12.1 Å². The van der Waals surface area contributed by atoms with Gasteiger partial charge in [0.05, 0.1) is 37.6 Å². The summed E-state index contributed by atoms with van der Waals surface area (Å²) in [5.41, 5.74) is 2.59. The van der Waals surface area contributed by atoms with E-state index in [1.54, 1.807) is 18.2 Å². The zero-order chi connectivity index (χ0) is 22.6. The van der Waals surface area contributed by atoms with Gasteiger partial charge in [0, 0.05) is 42.7 Å². The average Bonchev–Trinajstić information content (AvgIpc) is 2.87. The van der Waals surface area contributed by atoms with E-state index in [1.807, 2.05) is 35.2 Å². The highest BCUT2D eigenvalue weighted by Gasteiger charge is 2.18. The molecule has 1 aromatic heterocycles. The van der Waals surface area contributed by atoms with E-state index in [0.29, 0.717) is 50.8 Å². The summed E-state index contributed by atoms with van der Waals surface area (Å²) >= 11 is 0. The average molecular weight is 448 g/mol. The van der Waals surface area contributed by atoms with Gasteiger partial charge in [0.15, 0.2) is 5.78 Å². The number of allylic oxidation sites excluding steroid dienone is 1. The van der Waals surface area contributed by atoms with Crippen molar-refractivity contribution < 1.29 is 18.7 Å². The molecule has 2 aliphatic rings. The summed E-state index contributed by atoms with van der Waals surface area (Å²) in [6.45, 7) is 5.22. The molecule has 2 saturated heterocycles. The third-order valence-corrected chi connectivity index (χ3v) is 6.04. The first kappa shape index (κ1) is 21.6. The molecule has 2 fully saturated rings. The van der Waals surface area contributed by atoms with Crippen LogP contribution in [0, 0.1) is 5.82 Å². The fraction of sp³-hybridized carbons (Fsp3) is 0.308. The predicted molar refractivity (Wildman–Crippen MR) is 128 cm³/mol. The summed E-state index contributed by atoms with van der Waals surface area (Å²) in [5.74, 6) is 0.191. The van der Waals surface area contributed by atoms with Gasteiger partial charge in [-0.15, -0.1) is 0 Å². The maximum atomic E-state index is 14.8. The van der Waals surface area contributed by atoms with E-state index in [-0.39, 0.29) is 5.78 Å². The number of ether oxygens (including phenoxy) is 2. The third kappa shape index (κ3) is 4.74. The monoisotopic (exact) mass is 447 g/mol. The van der Waals surface area contributed by atoms with Crippen molar-refractivity contribution in [2.45, 2.75) is 0 Å². The van der Waals surface area contributed by atoms with Gasteiger partial charge in [0.2, 0.25) is 0 Å². The van der Waals surface area contributed by atoms with Crippen LogP contribution in [-0.2, 0) is 9.47 Å². The molecular weight excluding hydrogens is 421 g/mol. The van der Waals surface area contributed by atoms with Gasteiger partial charge >= 0.3 is 0 Å². The number of para-hydroxylation sites is 1. The Bertz CT molecular complexity index is 1180. The van der Waals surface area contributed by atoms with Crippen LogP contribution in [0.3, 0.4) is 0 Å². The van der Waals surface area contributed by atoms with Crippen molar-refractivity contribution in [3.05, 3.63) is 71.6 Å². The van der Waals surface area contributed by atoms with Crippen molar-refractivity contribution in [2.24, 2.45) is 0 Å². The minimum absolute atomic E-state index is 0.247. The van der Waals surface area contributed by atoms with Crippen LogP contribution in [0.5, 0.6) is 0 Å². The van der Waals surface area contributed by atoms with E-state index in [4.69, 9.17) is 14.5 Å². The molecule has 2 aliphatic heterocycles. The molecule has 7 heteroatoms. The lowest BCUT2D eigenvalue weighted by molar-refractivity contribution is 0.104. The van der Waals surface area contributed by atoms with Crippen LogP contribution in [0.2, 0.25) is 0 Å². The molecule has 170 valence electrons. The van der Waals surface area contributed by atoms with Gasteiger partial charge in [-0.25, -0.2) is 9.37 Å². The van der Waals surface area contributed by atoms with Crippen LogP contribution in [0.25, 0.3) is 17.0 Å². The number of morpholine rings is 2. The summed E-state index contributed by atoms with van der Waals surface area (Å²) in [6, 6.07) is 14.6. The molecule has 0 amide bonds. The van der Waals surface area contributed by atoms with E-state index in [0.717, 1.165) is 35.4 Å². The molecule has 3 aromatic rings. The minimum Gasteiger partial charge on any atom is -0.378 e. The van der Waals surface area contributed by atoms with Crippen molar-refractivity contribution in [1.82, 2.24) is 4.98 Å². The summed E-state index contributed by atoms with van der Waals surface area (Å²) < 4.78 is 25.6. The second-order valence-corrected chi connectivity index (χ2v) is 8.16. The van der Waals surface area contributed by atoms with E-state index < -0.39 is 5.82 Å². The fourth-order valence-corrected chi connectivity index (χ4v) is 4.26. The molecule has 0 atom stereocenters. The Morgan fingerprint density at radius 1 is 0.909 bits per heavy atom. The molecule has 0 unspecified atom stereocenters. The second kappa shape index (κ2) is 9.68. The highest BCUT2D eigenvalue weighted by atomic mass is 19.1. The van der Waals surface area contributed by atoms with Crippen molar-refractivity contribution in [1.29, 1.82) is 0 Å². The molecule has 33 heavy (non-hydrogen) atoms. The Balaban J connectivity index is 1.41. The standard InChI is InChI=1S/C26H26FN3O3/c27-22-18-20(5-7-24(22)29-9-13-32-14-10-29)25(31)8-6-21-17-19-3-1-2-4-23(19)28-26(21)30-11-15-33-16-12-30/h1-8,17-18H,9-16H2/b8-6+. The molecular formula is C26H26FN3O3. The summed E-state index contributed by atoms with van der Waals surface area (Å²) in [4.78, 5) is 21.8. The number of benzene rings is 2. The number of anilines is 2. The number of carbonyl (C=O) groups is 1. The number of nitrogens with zero attached hydrogens (tertiary/aromatic N) is 3. The Kier molecular flexibility index (Phi) is 6.32. The molecule has 0 saturated carbocycles. The lowest BCUT2D eigenvalue weighted by Gasteiger charge is -2.29. The Morgan fingerprint density at radius 2 is 1.61 bits per heavy atom. The van der Waals surface area contributed by atoms with E-state index >= 15 is 0 Å². The first-order valence-corrected chi connectivity index (χ1v) is 11.3. The van der Waals surface area contributed by atoms with Crippen LogP contribution in [0.1, 0.15) is 15.9 Å². The normalized spacial score (nSPS) is 17.1. The number of rotatable bonds is 5. The molecule has 2 aromatic carbocycles. The molecule has 0 spiro atoms.